The zero-order valence-electron chi connectivity index (χ0n) is 15.9. The van der Waals surface area contributed by atoms with Gasteiger partial charge >= 0.3 is 0 Å². The summed E-state index contributed by atoms with van der Waals surface area (Å²) in [6.07, 6.45) is 3.70. The number of hydrogen-bond acceptors (Lipinski definition) is 2. The third-order valence-corrected chi connectivity index (χ3v) is 5.75. The lowest BCUT2D eigenvalue weighted by Gasteiger charge is -2.36. The van der Waals surface area contributed by atoms with E-state index < -0.39 is 5.54 Å². The monoisotopic (exact) mass is 457 g/mol. The van der Waals surface area contributed by atoms with E-state index in [1.807, 2.05) is 89.7 Å². The van der Waals surface area contributed by atoms with Crippen molar-refractivity contribution in [2.24, 2.45) is 0 Å². The van der Waals surface area contributed by atoms with Crippen molar-refractivity contribution >= 4 is 27.0 Å². The van der Waals surface area contributed by atoms with Gasteiger partial charge in [-0.25, -0.2) is 9.37 Å². The summed E-state index contributed by atoms with van der Waals surface area (Å²) in [5, 5.41) is 5.76. The second kappa shape index (κ2) is 7.50. The van der Waals surface area contributed by atoms with Gasteiger partial charge in [-0.3, -0.25) is 4.68 Å². The normalized spacial score (nSPS) is 11.7. The fourth-order valence-corrected chi connectivity index (χ4v) is 4.51. The molecule has 0 aliphatic rings. The fraction of sp³-hybridized carbons (Fsp3) is 0.0400. The molecule has 3 aromatic carbocycles. The lowest BCUT2D eigenvalue weighted by molar-refractivity contribution is 0.460. The molecule has 0 atom stereocenters. The number of halogens is 2. The fourth-order valence-electron chi connectivity index (χ4n) is 4.05. The Balaban J connectivity index is 1.95. The van der Waals surface area contributed by atoms with Gasteiger partial charge in [0.25, 0.3) is 0 Å². The molecule has 0 unspecified atom stereocenters. The van der Waals surface area contributed by atoms with Crippen LogP contribution in [0.2, 0.25) is 0 Å². The van der Waals surface area contributed by atoms with Crippen molar-refractivity contribution in [3.63, 3.8) is 0 Å². The van der Waals surface area contributed by atoms with Crippen molar-refractivity contribution < 1.29 is 4.39 Å². The first-order chi connectivity index (χ1) is 14.7. The topological polar surface area (TPSA) is 30.7 Å². The Bertz CT molecular complexity index is 1220. The number of nitrogens with zero attached hydrogens (tertiary/aromatic N) is 3. The van der Waals surface area contributed by atoms with Gasteiger partial charge in [0.2, 0.25) is 0 Å². The number of fused-ring (bicyclic) bond motifs is 1. The lowest BCUT2D eigenvalue weighted by atomic mass is 9.77. The average molecular weight is 458 g/mol. The molecule has 0 aliphatic carbocycles. The summed E-state index contributed by atoms with van der Waals surface area (Å²) >= 11 is 3.48. The van der Waals surface area contributed by atoms with Gasteiger partial charge in [0.1, 0.15) is 11.4 Å². The number of hydrogen-bond donors (Lipinski definition) is 0. The molecule has 0 aliphatic heterocycles. The van der Waals surface area contributed by atoms with Gasteiger partial charge in [0.05, 0.1) is 0 Å². The number of benzene rings is 3. The molecule has 2 heterocycles. The second-order valence-corrected chi connectivity index (χ2v) is 8.01. The highest BCUT2D eigenvalue weighted by atomic mass is 79.9. The highest BCUT2D eigenvalue weighted by Crippen LogP contribution is 2.42. The van der Waals surface area contributed by atoms with E-state index in [4.69, 9.17) is 5.10 Å². The third-order valence-electron chi connectivity index (χ3n) is 5.29. The Morgan fingerprint density at radius 2 is 1.43 bits per heavy atom. The SMILES string of the molecule is Fc1cc(Br)cc(C(c2ccccc2)(c2ccccc2)n2cc3cccnc3n2)c1. The molecular formula is C25H17BrFN3. The molecule has 5 heteroatoms. The molecular weight excluding hydrogens is 441 g/mol. The molecule has 5 rings (SSSR count). The van der Waals surface area contributed by atoms with E-state index >= 15 is 0 Å². The van der Waals surface area contributed by atoms with E-state index in [1.165, 1.54) is 6.07 Å². The molecule has 0 spiro atoms. The minimum atomic E-state index is -0.881. The zero-order valence-corrected chi connectivity index (χ0v) is 17.5. The Kier molecular flexibility index (Phi) is 4.68. The van der Waals surface area contributed by atoms with E-state index in [0.717, 1.165) is 22.1 Å². The van der Waals surface area contributed by atoms with Crippen LogP contribution in [0.3, 0.4) is 0 Å². The molecule has 146 valence electrons. The van der Waals surface area contributed by atoms with Crippen molar-refractivity contribution in [3.8, 4) is 0 Å². The van der Waals surface area contributed by atoms with Gasteiger partial charge in [-0.1, -0.05) is 76.6 Å². The maximum absolute atomic E-state index is 14.6. The van der Waals surface area contributed by atoms with Crippen LogP contribution in [0.15, 0.2) is 108 Å². The summed E-state index contributed by atoms with van der Waals surface area (Å²) in [5.74, 6) is -0.314. The van der Waals surface area contributed by atoms with Crippen LogP contribution in [0.25, 0.3) is 11.0 Å². The average Bonchev–Trinajstić information content (AvgIpc) is 3.19. The smallest absolute Gasteiger partial charge is 0.181 e. The number of aromatic nitrogens is 3. The molecule has 0 amide bonds. The second-order valence-electron chi connectivity index (χ2n) is 7.09. The Morgan fingerprint density at radius 3 is 2.03 bits per heavy atom. The number of rotatable bonds is 4. The van der Waals surface area contributed by atoms with Crippen molar-refractivity contribution in [2.45, 2.75) is 5.54 Å². The standard InChI is InChI=1S/C25H17BrFN3/c26-22-14-21(15-23(27)16-22)25(19-9-3-1-4-10-19,20-11-5-2-6-12-20)30-17-18-8-7-13-28-24(18)29-30/h1-17H. The molecule has 0 bridgehead atoms. The van der Waals surface area contributed by atoms with Crippen LogP contribution in [0.4, 0.5) is 4.39 Å². The van der Waals surface area contributed by atoms with Crippen molar-refractivity contribution in [3.05, 3.63) is 130 Å². The molecule has 30 heavy (non-hydrogen) atoms. The van der Waals surface area contributed by atoms with E-state index in [-0.39, 0.29) is 5.82 Å². The maximum Gasteiger partial charge on any atom is 0.181 e. The summed E-state index contributed by atoms with van der Waals surface area (Å²) < 4.78 is 17.2. The van der Waals surface area contributed by atoms with Crippen LogP contribution in [0.5, 0.6) is 0 Å². The van der Waals surface area contributed by atoms with Crippen LogP contribution < -0.4 is 0 Å². The minimum Gasteiger partial charge on any atom is -0.250 e. The van der Waals surface area contributed by atoms with Gasteiger partial charge in [0.15, 0.2) is 5.65 Å². The van der Waals surface area contributed by atoms with Crippen molar-refractivity contribution in [2.75, 3.05) is 0 Å². The molecule has 0 fully saturated rings. The van der Waals surface area contributed by atoms with Crippen molar-refractivity contribution in [1.82, 2.24) is 14.8 Å². The Hall–Kier alpha value is -3.31. The van der Waals surface area contributed by atoms with Crippen LogP contribution >= 0.6 is 15.9 Å². The highest BCUT2D eigenvalue weighted by Gasteiger charge is 2.40. The summed E-state index contributed by atoms with van der Waals surface area (Å²) in [6.45, 7) is 0. The van der Waals surface area contributed by atoms with Gasteiger partial charge in [-0.05, 0) is 47.0 Å². The number of pyridine rings is 1. The Labute approximate surface area is 182 Å². The van der Waals surface area contributed by atoms with Gasteiger partial charge in [0, 0.05) is 22.3 Å². The van der Waals surface area contributed by atoms with Gasteiger partial charge < -0.3 is 0 Å². The minimum absolute atomic E-state index is 0.314. The van der Waals surface area contributed by atoms with Crippen LogP contribution in [-0.2, 0) is 5.54 Å². The van der Waals surface area contributed by atoms with Gasteiger partial charge in [-0.15, -0.1) is 0 Å². The van der Waals surface area contributed by atoms with Crippen LogP contribution in [-0.4, -0.2) is 14.8 Å². The largest absolute Gasteiger partial charge is 0.250 e. The first kappa shape index (κ1) is 18.7. The quantitative estimate of drug-likeness (QED) is 0.302. The van der Waals surface area contributed by atoms with Crippen LogP contribution in [0, 0.1) is 5.82 Å². The van der Waals surface area contributed by atoms with E-state index in [9.17, 15) is 4.39 Å². The third kappa shape index (κ3) is 3.02. The molecule has 0 saturated heterocycles. The zero-order chi connectivity index (χ0) is 20.6. The maximum atomic E-state index is 14.6. The molecule has 0 N–H and O–H groups in total. The molecule has 2 aromatic heterocycles. The predicted octanol–water partition coefficient (Wildman–Crippen LogP) is 6.17. The summed E-state index contributed by atoms with van der Waals surface area (Å²) in [4.78, 5) is 4.42. The van der Waals surface area contributed by atoms with Crippen LogP contribution in [0.1, 0.15) is 16.7 Å². The van der Waals surface area contributed by atoms with Crippen molar-refractivity contribution in [1.29, 1.82) is 0 Å². The summed E-state index contributed by atoms with van der Waals surface area (Å²) in [6, 6.07) is 28.9. The lowest BCUT2D eigenvalue weighted by Crippen LogP contribution is -2.38. The van der Waals surface area contributed by atoms with E-state index in [1.54, 1.807) is 12.3 Å². The van der Waals surface area contributed by atoms with Gasteiger partial charge in [-0.2, -0.15) is 5.10 Å². The summed E-state index contributed by atoms with van der Waals surface area (Å²) in [7, 11) is 0. The molecule has 3 nitrogen and oxygen atoms in total. The molecule has 0 radical (unpaired) electrons. The highest BCUT2D eigenvalue weighted by molar-refractivity contribution is 9.10. The summed E-state index contributed by atoms with van der Waals surface area (Å²) in [5.41, 5.74) is 2.47. The first-order valence-corrected chi connectivity index (χ1v) is 10.4. The first-order valence-electron chi connectivity index (χ1n) is 9.56. The molecule has 0 saturated carbocycles. The Morgan fingerprint density at radius 1 is 0.767 bits per heavy atom. The van der Waals surface area contributed by atoms with E-state index in [2.05, 4.69) is 20.9 Å². The van der Waals surface area contributed by atoms with E-state index in [0.29, 0.717) is 10.1 Å². The predicted molar refractivity (Wildman–Crippen MR) is 120 cm³/mol. The molecule has 5 aromatic rings.